The number of amides is 2. The maximum atomic E-state index is 12.7. The second-order valence-electron chi connectivity index (χ2n) is 6.34. The van der Waals surface area contributed by atoms with E-state index in [1.165, 1.54) is 4.90 Å². The molecule has 2 amide bonds. The van der Waals surface area contributed by atoms with Crippen molar-refractivity contribution in [1.29, 1.82) is 0 Å². The van der Waals surface area contributed by atoms with Gasteiger partial charge < -0.3 is 10.1 Å². The molecule has 0 bridgehead atoms. The smallest absolute Gasteiger partial charge is 0.410 e. The number of benzene rings is 2. The van der Waals surface area contributed by atoms with Gasteiger partial charge in [0.1, 0.15) is 12.6 Å². The molecule has 0 radical (unpaired) electrons. The van der Waals surface area contributed by atoms with Crippen LogP contribution in [-0.4, -0.2) is 29.5 Å². The first kappa shape index (κ1) is 18.7. The lowest BCUT2D eigenvalue weighted by Gasteiger charge is -2.23. The van der Waals surface area contributed by atoms with Gasteiger partial charge in [0.2, 0.25) is 5.91 Å². The largest absolute Gasteiger partial charge is 0.445 e. The molecule has 2 aromatic rings. The van der Waals surface area contributed by atoms with E-state index in [9.17, 15) is 9.59 Å². The van der Waals surface area contributed by atoms with Gasteiger partial charge in [-0.15, -0.1) is 0 Å². The Hall–Kier alpha value is -2.09. The quantitative estimate of drug-likeness (QED) is 0.686. The second-order valence-corrected chi connectivity index (χ2v) is 7.59. The van der Waals surface area contributed by atoms with Crippen LogP contribution in [0.1, 0.15) is 24.0 Å². The summed E-state index contributed by atoms with van der Waals surface area (Å²) in [5, 5.41) is 2.95. The maximum Gasteiger partial charge on any atom is 0.410 e. The maximum absolute atomic E-state index is 12.7. The number of rotatable bonds is 4. The Morgan fingerprint density at radius 1 is 1.23 bits per heavy atom. The molecule has 0 unspecified atom stereocenters. The molecule has 0 spiro atoms. The fourth-order valence-corrected chi connectivity index (χ4v) is 3.69. The van der Waals surface area contributed by atoms with Gasteiger partial charge in [0.25, 0.3) is 0 Å². The molecule has 0 aromatic heterocycles. The van der Waals surface area contributed by atoms with Gasteiger partial charge in [0, 0.05) is 15.8 Å². The first-order chi connectivity index (χ1) is 12.5. The Labute approximate surface area is 166 Å². The summed E-state index contributed by atoms with van der Waals surface area (Å²) in [7, 11) is 0. The summed E-state index contributed by atoms with van der Waals surface area (Å²) in [4.78, 5) is 26.6. The number of carbonyl (C=O) groups excluding carboxylic acids is 2. The molecule has 1 aliphatic heterocycles. The molecule has 3 rings (SSSR count). The Kier molecular flexibility index (Phi) is 6.13. The van der Waals surface area contributed by atoms with Gasteiger partial charge in [-0.2, -0.15) is 0 Å². The molecule has 1 aliphatic rings. The average molecular weight is 464 g/mol. The molecule has 1 atom stereocenters. The first-order valence-electron chi connectivity index (χ1n) is 8.59. The number of ether oxygens (including phenoxy) is 1. The summed E-state index contributed by atoms with van der Waals surface area (Å²) < 4.78 is 6.50. The molecule has 2 aromatic carbocycles. The average Bonchev–Trinajstić information content (AvgIpc) is 3.13. The minimum Gasteiger partial charge on any atom is -0.445 e. The van der Waals surface area contributed by atoms with Gasteiger partial charge >= 0.3 is 6.09 Å². The van der Waals surface area contributed by atoms with Crippen LogP contribution in [0.4, 0.5) is 10.5 Å². The predicted octanol–water partition coefficient (Wildman–Crippen LogP) is 4.34. The lowest BCUT2D eigenvalue weighted by Crippen LogP contribution is -2.43. The van der Waals surface area contributed by atoms with Crippen molar-refractivity contribution in [2.75, 3.05) is 11.9 Å². The fourth-order valence-electron chi connectivity index (χ4n) is 3.04. The number of carbonyl (C=O) groups is 2. The number of nitrogens with zero attached hydrogens (tertiary/aromatic N) is 1. The third-order valence-corrected chi connectivity index (χ3v) is 5.11. The van der Waals surface area contributed by atoms with Crippen LogP contribution in [0.3, 0.4) is 0 Å². The number of likely N-dealkylation sites (tertiary alicyclic amines) is 1. The summed E-state index contributed by atoms with van der Waals surface area (Å²) in [6, 6.07) is 14.9. The number of hydrogen-bond donors (Lipinski definition) is 1. The zero-order valence-corrected chi connectivity index (χ0v) is 16.7. The molecule has 5 nitrogen and oxygen atoms in total. The Morgan fingerprint density at radius 3 is 2.73 bits per heavy atom. The van der Waals surface area contributed by atoms with Crippen LogP contribution in [0.2, 0.25) is 0 Å². The highest BCUT2D eigenvalue weighted by Gasteiger charge is 2.35. The van der Waals surface area contributed by atoms with Crippen molar-refractivity contribution in [3.63, 3.8) is 0 Å². The van der Waals surface area contributed by atoms with Crippen LogP contribution in [0.5, 0.6) is 0 Å². The summed E-state index contributed by atoms with van der Waals surface area (Å²) in [6.07, 6.45) is 1.01. The molecule has 0 saturated carbocycles. The van der Waals surface area contributed by atoms with Gasteiger partial charge in [0.05, 0.1) is 0 Å². The van der Waals surface area contributed by atoms with E-state index >= 15 is 0 Å². The van der Waals surface area contributed by atoms with Gasteiger partial charge in [-0.1, -0.05) is 30.3 Å². The first-order valence-corrected chi connectivity index (χ1v) is 9.67. The summed E-state index contributed by atoms with van der Waals surface area (Å²) in [5.74, 6) is -0.163. The molecule has 6 heteroatoms. The Morgan fingerprint density at radius 2 is 2.00 bits per heavy atom. The van der Waals surface area contributed by atoms with Crippen molar-refractivity contribution in [3.8, 4) is 0 Å². The van der Waals surface area contributed by atoms with E-state index < -0.39 is 12.1 Å². The minimum absolute atomic E-state index is 0.163. The molecule has 136 valence electrons. The molecular formula is C20H21IN2O3. The predicted molar refractivity (Wildman–Crippen MR) is 109 cm³/mol. The van der Waals surface area contributed by atoms with Crippen LogP contribution >= 0.6 is 22.6 Å². The number of hydrogen-bond acceptors (Lipinski definition) is 3. The number of anilines is 1. The third kappa shape index (κ3) is 4.55. The highest BCUT2D eigenvalue weighted by Crippen LogP contribution is 2.23. The zero-order chi connectivity index (χ0) is 18.5. The fraction of sp³-hybridized carbons (Fsp3) is 0.300. The van der Waals surface area contributed by atoms with Crippen molar-refractivity contribution in [3.05, 3.63) is 63.2 Å². The van der Waals surface area contributed by atoms with E-state index in [1.807, 2.05) is 55.5 Å². The van der Waals surface area contributed by atoms with Crippen molar-refractivity contribution in [1.82, 2.24) is 4.90 Å². The molecule has 1 fully saturated rings. The van der Waals surface area contributed by atoms with Crippen LogP contribution in [0, 0.1) is 10.5 Å². The number of aryl methyl sites for hydroxylation is 1. The number of nitrogens with one attached hydrogen (secondary N) is 1. The topological polar surface area (TPSA) is 58.6 Å². The zero-order valence-electron chi connectivity index (χ0n) is 14.6. The minimum atomic E-state index is -0.489. The van der Waals surface area contributed by atoms with Crippen molar-refractivity contribution < 1.29 is 14.3 Å². The van der Waals surface area contributed by atoms with E-state index in [4.69, 9.17) is 4.74 Å². The normalized spacial score (nSPS) is 16.4. The highest BCUT2D eigenvalue weighted by atomic mass is 127. The highest BCUT2D eigenvalue weighted by molar-refractivity contribution is 14.1. The molecule has 26 heavy (non-hydrogen) atoms. The molecular weight excluding hydrogens is 443 g/mol. The summed E-state index contributed by atoms with van der Waals surface area (Å²) >= 11 is 2.24. The Balaban J connectivity index is 1.61. The SMILES string of the molecule is Cc1cc(I)ccc1NC(=O)[C@H]1CCCN1C(=O)OCc1ccccc1. The van der Waals surface area contributed by atoms with E-state index in [1.54, 1.807) is 0 Å². The third-order valence-electron chi connectivity index (χ3n) is 4.44. The van der Waals surface area contributed by atoms with Crippen molar-refractivity contribution >= 4 is 40.3 Å². The van der Waals surface area contributed by atoms with Crippen molar-refractivity contribution in [2.24, 2.45) is 0 Å². The second kappa shape index (κ2) is 8.53. The number of halogens is 1. The Bertz CT molecular complexity index is 795. The molecule has 1 heterocycles. The lowest BCUT2D eigenvalue weighted by molar-refractivity contribution is -0.120. The van der Waals surface area contributed by atoms with E-state index in [0.717, 1.165) is 26.8 Å². The molecule has 1 N–H and O–H groups in total. The van der Waals surface area contributed by atoms with Gasteiger partial charge in [-0.25, -0.2) is 4.79 Å². The van der Waals surface area contributed by atoms with Gasteiger partial charge in [-0.05, 0) is 71.7 Å². The lowest BCUT2D eigenvalue weighted by atomic mass is 10.1. The standard InChI is InChI=1S/C20H21IN2O3/c1-14-12-16(21)9-10-17(14)22-19(24)18-8-5-11-23(18)20(25)26-13-15-6-3-2-4-7-15/h2-4,6-7,9-10,12,18H,5,8,11,13H2,1H3,(H,22,24)/t18-/m1/s1. The van der Waals surface area contributed by atoms with Crippen LogP contribution in [-0.2, 0) is 16.1 Å². The monoisotopic (exact) mass is 464 g/mol. The van der Waals surface area contributed by atoms with Gasteiger partial charge in [-0.3, -0.25) is 9.69 Å². The van der Waals surface area contributed by atoms with E-state index in [2.05, 4.69) is 27.9 Å². The van der Waals surface area contributed by atoms with E-state index in [-0.39, 0.29) is 12.5 Å². The van der Waals surface area contributed by atoms with E-state index in [0.29, 0.717) is 13.0 Å². The summed E-state index contributed by atoms with van der Waals surface area (Å²) in [6.45, 7) is 2.70. The van der Waals surface area contributed by atoms with Crippen molar-refractivity contribution in [2.45, 2.75) is 32.4 Å². The summed E-state index contributed by atoms with van der Waals surface area (Å²) in [5.41, 5.74) is 2.71. The van der Waals surface area contributed by atoms with Crippen LogP contribution < -0.4 is 5.32 Å². The molecule has 0 aliphatic carbocycles. The molecule has 1 saturated heterocycles. The van der Waals surface area contributed by atoms with Gasteiger partial charge in [0.15, 0.2) is 0 Å². The van der Waals surface area contributed by atoms with Crippen LogP contribution in [0.25, 0.3) is 0 Å². The van der Waals surface area contributed by atoms with Crippen LogP contribution in [0.15, 0.2) is 48.5 Å².